The van der Waals surface area contributed by atoms with Gasteiger partial charge in [-0.25, -0.2) is 0 Å². The molecule has 0 spiro atoms. The van der Waals surface area contributed by atoms with Crippen LogP contribution in [0.15, 0.2) is 77.8 Å². The van der Waals surface area contributed by atoms with Gasteiger partial charge in [-0.2, -0.15) is 0 Å². The van der Waals surface area contributed by atoms with Gasteiger partial charge in [-0.3, -0.25) is 15.1 Å². The Kier molecular flexibility index (Phi) is 10.7. The minimum absolute atomic E-state index is 0.0312. The molecule has 5 nitrogen and oxygen atoms in total. The van der Waals surface area contributed by atoms with E-state index >= 15 is 0 Å². The molecule has 0 amide bonds. The third-order valence-electron chi connectivity index (χ3n) is 6.99. The second-order valence-electron chi connectivity index (χ2n) is 9.31. The fraction of sp³-hybridized carbons (Fsp3) is 0.321. The van der Waals surface area contributed by atoms with Crippen LogP contribution in [0.1, 0.15) is 61.8 Å². The van der Waals surface area contributed by atoms with Crippen molar-refractivity contribution in [2.75, 3.05) is 0 Å². The molecule has 0 bridgehead atoms. The van der Waals surface area contributed by atoms with Crippen molar-refractivity contribution in [2.24, 2.45) is 10.9 Å². The molecule has 188 valence electrons. The van der Waals surface area contributed by atoms with Gasteiger partial charge >= 0.3 is 37.9 Å². The molecule has 0 saturated heterocycles. The van der Waals surface area contributed by atoms with Crippen LogP contribution in [0.25, 0.3) is 0 Å². The monoisotopic (exact) mass is 602 g/mol. The van der Waals surface area contributed by atoms with E-state index in [9.17, 15) is 15.2 Å². The summed E-state index contributed by atoms with van der Waals surface area (Å²) in [4.78, 5) is 16.1. The van der Waals surface area contributed by atoms with E-state index in [0.717, 1.165) is 36.8 Å². The van der Waals surface area contributed by atoms with E-state index < -0.39 is 31.2 Å². The molecule has 1 N–H and O–H groups in total. The Bertz CT molecular complexity index is 1130. The zero-order chi connectivity index (χ0) is 26.1. The fourth-order valence-electron chi connectivity index (χ4n) is 4.82. The number of benzene rings is 3. The molecule has 0 aliphatic heterocycles. The number of non-ortho nitro benzene ring substituents is 1. The van der Waals surface area contributed by atoms with Crippen molar-refractivity contribution in [1.29, 1.82) is 0 Å². The third-order valence-corrected chi connectivity index (χ3v) is 6.99. The van der Waals surface area contributed by atoms with E-state index in [0.29, 0.717) is 17.0 Å². The van der Waals surface area contributed by atoms with Gasteiger partial charge in [0.1, 0.15) is 5.75 Å². The number of hydrogen-bond acceptors (Lipinski definition) is 4. The van der Waals surface area contributed by atoms with Crippen molar-refractivity contribution in [3.8, 4) is 5.75 Å². The number of phenols is 1. The second-order valence-corrected chi connectivity index (χ2v) is 13.0. The van der Waals surface area contributed by atoms with Gasteiger partial charge in [0.15, 0.2) is 0 Å². The van der Waals surface area contributed by atoms with Gasteiger partial charge in [0, 0.05) is 40.9 Å². The Morgan fingerprint density at radius 3 is 1.97 bits per heavy atom. The average molecular weight is 605 g/mol. The van der Waals surface area contributed by atoms with Gasteiger partial charge in [-0.1, -0.05) is 67.6 Å². The molecule has 1 aliphatic rings. The molecule has 8 heteroatoms. The number of nitro benzene ring substituents is 1. The third kappa shape index (κ3) is 6.85. The summed E-state index contributed by atoms with van der Waals surface area (Å²) in [5, 5.41) is 23.2. The van der Waals surface area contributed by atoms with E-state index in [1.165, 1.54) is 12.1 Å². The van der Waals surface area contributed by atoms with Crippen LogP contribution in [0.5, 0.6) is 5.75 Å². The first-order valence-corrected chi connectivity index (χ1v) is 18.3. The summed E-state index contributed by atoms with van der Waals surface area (Å²) >= 11 is -0.826. The van der Waals surface area contributed by atoms with Crippen LogP contribution in [-0.4, -0.2) is 22.3 Å². The van der Waals surface area contributed by atoms with Crippen molar-refractivity contribution in [1.82, 2.24) is 0 Å². The molecule has 36 heavy (non-hydrogen) atoms. The molecule has 0 aromatic heterocycles. The van der Waals surface area contributed by atoms with Crippen molar-refractivity contribution in [3.05, 3.63) is 105 Å². The van der Waals surface area contributed by atoms with Gasteiger partial charge in [-0.05, 0) is 49.7 Å². The summed E-state index contributed by atoms with van der Waals surface area (Å²) in [5.74, 6) is 0.746. The van der Waals surface area contributed by atoms with Gasteiger partial charge < -0.3 is 5.11 Å². The van der Waals surface area contributed by atoms with E-state index in [1.54, 1.807) is 6.21 Å². The van der Waals surface area contributed by atoms with Crippen LogP contribution >= 0.6 is 17.0 Å². The van der Waals surface area contributed by atoms with Crippen LogP contribution in [0.4, 0.5) is 5.69 Å². The SMILES string of the molecule is CC1CCC(N=Cc2cc([N+](=O)[O-])cc(C(C)(c3ccccc3)c3ccccc3)c2O)CC1.[Cl][Zr][Cl]. The minimum atomic E-state index is -0.826. The predicted molar refractivity (Wildman–Crippen MR) is 144 cm³/mol. The first-order chi connectivity index (χ1) is 17.3. The Labute approximate surface area is 231 Å². The number of hydrogen-bond donors (Lipinski definition) is 1. The van der Waals surface area contributed by atoms with Gasteiger partial charge in [-0.15, -0.1) is 0 Å². The maximum atomic E-state index is 11.8. The molecule has 1 saturated carbocycles. The number of halogens is 2. The summed E-state index contributed by atoms with van der Waals surface area (Å²) in [6.07, 6.45) is 5.91. The van der Waals surface area contributed by atoms with Crippen LogP contribution < -0.4 is 0 Å². The number of aromatic hydroxyl groups is 1. The Morgan fingerprint density at radius 1 is 1.00 bits per heavy atom. The summed E-state index contributed by atoms with van der Waals surface area (Å²) in [7, 11) is 9.87. The molecule has 0 radical (unpaired) electrons. The molecule has 3 aromatic carbocycles. The molecule has 0 atom stereocenters. The maximum absolute atomic E-state index is 11.8. The first kappa shape index (κ1) is 28.6. The zero-order valence-electron chi connectivity index (χ0n) is 20.4. The topological polar surface area (TPSA) is 75.7 Å². The van der Waals surface area contributed by atoms with Crippen molar-refractivity contribution in [2.45, 2.75) is 51.0 Å². The van der Waals surface area contributed by atoms with Crippen molar-refractivity contribution in [3.63, 3.8) is 0 Å². The Balaban J connectivity index is 0.00000115. The molecule has 0 heterocycles. The Morgan fingerprint density at radius 2 is 1.50 bits per heavy atom. The number of nitrogens with zero attached hydrogens (tertiary/aromatic N) is 2. The molecular weight excluding hydrogens is 574 g/mol. The summed E-state index contributed by atoms with van der Waals surface area (Å²) in [6, 6.07) is 22.7. The molecular formula is C28H30Cl2N2O3Zr. The molecule has 3 aromatic rings. The zero-order valence-corrected chi connectivity index (χ0v) is 24.4. The average Bonchev–Trinajstić information content (AvgIpc) is 2.90. The molecule has 0 unspecified atom stereocenters. The van der Waals surface area contributed by atoms with Crippen LogP contribution in [0, 0.1) is 16.0 Å². The van der Waals surface area contributed by atoms with Crippen molar-refractivity contribution >= 4 is 28.9 Å². The quantitative estimate of drug-likeness (QED) is 0.134. The van der Waals surface area contributed by atoms with E-state index in [-0.39, 0.29) is 17.5 Å². The second kappa shape index (κ2) is 13.5. The normalized spacial score (nSPS) is 17.8. The van der Waals surface area contributed by atoms with E-state index in [1.807, 2.05) is 67.6 Å². The van der Waals surface area contributed by atoms with Gasteiger partial charge in [0.2, 0.25) is 0 Å². The molecule has 4 rings (SSSR count). The summed E-state index contributed by atoms with van der Waals surface area (Å²) in [5.41, 5.74) is 1.91. The van der Waals surface area contributed by atoms with Crippen molar-refractivity contribution < 1.29 is 30.9 Å². The standard InChI is InChI=1S/C28H30N2O3.2ClH.Zr/c1-20-13-15-24(16-14-20)29-19-21-17-25(30(32)33)18-26(27(21)31)28(2,22-9-5-3-6-10-22)23-11-7-4-8-12-23;;;/h3-12,17-20,24,31H,13-16H2,1-2H3;2*1H;/q;;;+2/p-2. The van der Waals surface area contributed by atoms with E-state index in [4.69, 9.17) is 22.0 Å². The van der Waals surface area contributed by atoms with E-state index in [2.05, 4.69) is 6.92 Å². The van der Waals surface area contributed by atoms with Crippen LogP contribution in [0.2, 0.25) is 0 Å². The Hall–Kier alpha value is -2.01. The number of aliphatic imine (C=N–C) groups is 1. The summed E-state index contributed by atoms with van der Waals surface area (Å²) in [6.45, 7) is 4.26. The predicted octanol–water partition coefficient (Wildman–Crippen LogP) is 8.03. The van der Waals surface area contributed by atoms with Crippen LogP contribution in [-0.2, 0) is 26.3 Å². The number of rotatable bonds is 6. The van der Waals surface area contributed by atoms with Crippen LogP contribution in [0.3, 0.4) is 0 Å². The van der Waals surface area contributed by atoms with Gasteiger partial charge in [0.25, 0.3) is 5.69 Å². The first-order valence-electron chi connectivity index (χ1n) is 11.9. The molecule has 1 fully saturated rings. The number of phenolic OH excluding ortho intramolecular Hbond substituents is 1. The van der Waals surface area contributed by atoms with Gasteiger partial charge in [0.05, 0.1) is 4.92 Å². The fourth-order valence-corrected chi connectivity index (χ4v) is 4.82. The number of nitro groups is 1. The summed E-state index contributed by atoms with van der Waals surface area (Å²) < 4.78 is 0. The molecule has 1 aliphatic carbocycles.